The topological polar surface area (TPSA) is 71.4 Å². The Morgan fingerprint density at radius 1 is 1.04 bits per heavy atom. The number of nitrogens with zero attached hydrogens (tertiary/aromatic N) is 2. The third-order valence-corrected chi connectivity index (χ3v) is 4.77. The molecule has 1 aromatic carbocycles. The molecule has 6 nitrogen and oxygen atoms in total. The molecule has 0 saturated heterocycles. The number of carbonyl (C=O) groups is 3. The van der Waals surface area contributed by atoms with Gasteiger partial charge in [0, 0.05) is 43.4 Å². The van der Waals surface area contributed by atoms with E-state index in [9.17, 15) is 14.4 Å². The van der Waals surface area contributed by atoms with Gasteiger partial charge in [0.15, 0.2) is 5.78 Å². The van der Waals surface area contributed by atoms with E-state index in [1.807, 2.05) is 36.2 Å². The highest BCUT2D eigenvalue weighted by atomic mass is 16.2. The summed E-state index contributed by atoms with van der Waals surface area (Å²) in [4.78, 5) is 38.2. The molecular weight excluding hydrogens is 330 g/mol. The molecule has 26 heavy (non-hydrogen) atoms. The Morgan fingerprint density at radius 3 is 2.58 bits per heavy atom. The monoisotopic (exact) mass is 353 g/mol. The number of fused-ring (bicyclic) bond motifs is 1. The van der Waals surface area contributed by atoms with Gasteiger partial charge >= 0.3 is 0 Å². The van der Waals surface area contributed by atoms with E-state index in [0.29, 0.717) is 12.1 Å². The second-order valence-corrected chi connectivity index (χ2v) is 6.46. The van der Waals surface area contributed by atoms with E-state index in [2.05, 4.69) is 9.88 Å². The van der Waals surface area contributed by atoms with Crippen molar-refractivity contribution in [3.8, 4) is 0 Å². The van der Waals surface area contributed by atoms with Crippen molar-refractivity contribution in [1.29, 1.82) is 0 Å². The van der Waals surface area contributed by atoms with Gasteiger partial charge in [-0.1, -0.05) is 30.3 Å². The summed E-state index contributed by atoms with van der Waals surface area (Å²) in [5, 5.41) is 2.60. The summed E-state index contributed by atoms with van der Waals surface area (Å²) >= 11 is 0. The minimum atomic E-state index is -0.282. The van der Waals surface area contributed by atoms with Crippen molar-refractivity contribution >= 4 is 17.6 Å². The van der Waals surface area contributed by atoms with Crippen LogP contribution in [0, 0.1) is 0 Å². The van der Waals surface area contributed by atoms with Crippen LogP contribution in [0.25, 0.3) is 0 Å². The lowest BCUT2D eigenvalue weighted by Crippen LogP contribution is -2.41. The molecule has 2 aromatic rings. The van der Waals surface area contributed by atoms with Crippen LogP contribution >= 0.6 is 0 Å². The molecule has 0 aliphatic carbocycles. The third-order valence-electron chi connectivity index (χ3n) is 4.77. The van der Waals surface area contributed by atoms with E-state index in [1.54, 1.807) is 24.3 Å². The van der Waals surface area contributed by atoms with Crippen molar-refractivity contribution in [1.82, 2.24) is 14.8 Å². The molecule has 1 atom stereocenters. The Morgan fingerprint density at radius 2 is 1.81 bits per heavy atom. The van der Waals surface area contributed by atoms with Gasteiger partial charge in [0.25, 0.3) is 0 Å². The quantitative estimate of drug-likeness (QED) is 0.809. The maximum absolute atomic E-state index is 12.5. The fourth-order valence-electron chi connectivity index (χ4n) is 3.28. The maximum Gasteiger partial charge on any atom is 0.223 e. The van der Waals surface area contributed by atoms with Crippen molar-refractivity contribution in [2.45, 2.75) is 32.4 Å². The first-order chi connectivity index (χ1) is 12.6. The van der Waals surface area contributed by atoms with E-state index in [4.69, 9.17) is 0 Å². The van der Waals surface area contributed by atoms with Crippen LogP contribution in [0.2, 0.25) is 0 Å². The second-order valence-electron chi connectivity index (χ2n) is 6.46. The lowest BCUT2D eigenvalue weighted by atomic mass is 10.1. The van der Waals surface area contributed by atoms with Crippen molar-refractivity contribution in [2.75, 3.05) is 13.1 Å². The van der Waals surface area contributed by atoms with Crippen molar-refractivity contribution < 1.29 is 14.4 Å². The molecule has 6 heteroatoms. The van der Waals surface area contributed by atoms with Crippen LogP contribution in [0.1, 0.15) is 41.9 Å². The van der Waals surface area contributed by atoms with Gasteiger partial charge in [-0.3, -0.25) is 14.4 Å². The number of hydrogen-bond donors (Lipinski definition) is 1. The lowest BCUT2D eigenvalue weighted by molar-refractivity contribution is -0.136. The number of nitrogens with one attached hydrogen (secondary N) is 1. The Labute approximate surface area is 152 Å². The summed E-state index contributed by atoms with van der Waals surface area (Å²) in [5.41, 5.74) is 1.68. The smallest absolute Gasteiger partial charge is 0.223 e. The highest BCUT2D eigenvalue weighted by Gasteiger charge is 2.27. The first-order valence-electron chi connectivity index (χ1n) is 8.85. The minimum absolute atomic E-state index is 0.00831. The minimum Gasteiger partial charge on any atom is -0.349 e. The number of ketones is 1. The van der Waals surface area contributed by atoms with Crippen LogP contribution in [0.15, 0.2) is 48.7 Å². The molecule has 1 aromatic heterocycles. The molecule has 0 spiro atoms. The molecule has 136 valence electrons. The maximum atomic E-state index is 12.5. The number of Topliss-reactive ketones (excluding diaryl/α,β-unsaturated/α-hetero) is 1. The first kappa shape index (κ1) is 17.9. The number of carbonyl (C=O) groups excluding carboxylic acids is 3. The number of hydrogen-bond acceptors (Lipinski definition) is 3. The third kappa shape index (κ3) is 4.02. The summed E-state index contributed by atoms with van der Waals surface area (Å²) in [6.45, 7) is 3.37. The Kier molecular flexibility index (Phi) is 5.51. The van der Waals surface area contributed by atoms with E-state index >= 15 is 0 Å². The van der Waals surface area contributed by atoms with Gasteiger partial charge in [-0.25, -0.2) is 0 Å². The lowest BCUT2D eigenvalue weighted by Gasteiger charge is -2.35. The molecule has 1 aliphatic rings. The Balaban J connectivity index is 1.44. The molecule has 2 heterocycles. The van der Waals surface area contributed by atoms with Gasteiger partial charge in [0.05, 0.1) is 12.6 Å². The molecule has 1 N–H and O–H groups in total. The van der Waals surface area contributed by atoms with Crippen LogP contribution in [0.5, 0.6) is 0 Å². The van der Waals surface area contributed by atoms with E-state index in [1.165, 1.54) is 0 Å². The van der Waals surface area contributed by atoms with Gasteiger partial charge in [-0.05, 0) is 19.1 Å². The fourth-order valence-corrected chi connectivity index (χ4v) is 3.28. The van der Waals surface area contributed by atoms with Gasteiger partial charge < -0.3 is 14.8 Å². The fraction of sp³-hybridized carbons (Fsp3) is 0.350. The molecule has 1 unspecified atom stereocenters. The number of aromatic nitrogens is 1. The normalized spacial score (nSPS) is 16.0. The zero-order chi connectivity index (χ0) is 18.5. The molecule has 2 amide bonds. The summed E-state index contributed by atoms with van der Waals surface area (Å²) in [5.74, 6) is -0.458. The van der Waals surface area contributed by atoms with Gasteiger partial charge in [0.2, 0.25) is 11.8 Å². The Bertz CT molecular complexity index is 798. The highest BCUT2D eigenvalue weighted by Crippen LogP contribution is 2.25. The summed E-state index contributed by atoms with van der Waals surface area (Å²) in [7, 11) is 0. The standard InChI is InChI=1S/C20H23N3O3/c1-15-17-8-5-11-22(17)12-13-23(15)20(26)10-9-19(25)21-14-18(24)16-6-3-2-4-7-16/h2-8,11,15H,9-10,12-14H2,1H3,(H,21,25). The first-order valence-corrected chi connectivity index (χ1v) is 8.85. The van der Waals surface area contributed by atoms with Crippen LogP contribution in [0.3, 0.4) is 0 Å². The average molecular weight is 353 g/mol. The molecule has 3 rings (SSSR count). The molecule has 1 aliphatic heterocycles. The summed E-state index contributed by atoms with van der Waals surface area (Å²) < 4.78 is 2.15. The molecular formula is C20H23N3O3. The summed E-state index contributed by atoms with van der Waals surface area (Å²) in [6, 6.07) is 12.8. The number of benzene rings is 1. The highest BCUT2D eigenvalue weighted by molar-refractivity contribution is 5.99. The SMILES string of the molecule is CC1c2cccn2CCN1C(=O)CCC(=O)NCC(=O)c1ccccc1. The zero-order valence-corrected chi connectivity index (χ0v) is 14.9. The van der Waals surface area contributed by atoms with Gasteiger partial charge in [-0.2, -0.15) is 0 Å². The van der Waals surface area contributed by atoms with E-state index < -0.39 is 0 Å². The van der Waals surface area contributed by atoms with Crippen LogP contribution in [-0.4, -0.2) is 40.2 Å². The summed E-state index contributed by atoms with van der Waals surface area (Å²) in [6.07, 6.45) is 2.26. The second kappa shape index (κ2) is 7.99. The predicted octanol–water partition coefficient (Wildman–Crippen LogP) is 2.17. The number of rotatable bonds is 6. The molecule has 0 fully saturated rings. The molecule has 0 bridgehead atoms. The largest absolute Gasteiger partial charge is 0.349 e. The number of amides is 2. The molecule has 0 saturated carbocycles. The van der Waals surface area contributed by atoms with E-state index in [0.717, 1.165) is 12.2 Å². The van der Waals surface area contributed by atoms with Crippen molar-refractivity contribution in [3.05, 3.63) is 59.9 Å². The van der Waals surface area contributed by atoms with E-state index in [-0.39, 0.29) is 43.0 Å². The molecule has 0 radical (unpaired) electrons. The average Bonchev–Trinajstić information content (AvgIpc) is 3.15. The van der Waals surface area contributed by atoms with Gasteiger partial charge in [0.1, 0.15) is 0 Å². The van der Waals surface area contributed by atoms with Crippen LogP contribution in [-0.2, 0) is 16.1 Å². The van der Waals surface area contributed by atoms with Gasteiger partial charge in [-0.15, -0.1) is 0 Å². The predicted molar refractivity (Wildman–Crippen MR) is 97.6 cm³/mol. The zero-order valence-electron chi connectivity index (χ0n) is 14.9. The Hall–Kier alpha value is -2.89. The van der Waals surface area contributed by atoms with Crippen LogP contribution in [0.4, 0.5) is 0 Å². The van der Waals surface area contributed by atoms with Crippen molar-refractivity contribution in [3.63, 3.8) is 0 Å². The van der Waals surface area contributed by atoms with Crippen molar-refractivity contribution in [2.24, 2.45) is 0 Å². The van der Waals surface area contributed by atoms with Crippen LogP contribution < -0.4 is 5.32 Å².